The van der Waals surface area contributed by atoms with Gasteiger partial charge in [-0.1, -0.05) is 25.4 Å². The number of nitrogens with one attached hydrogen (secondary N) is 3. The molecule has 5 nitrogen and oxygen atoms in total. The van der Waals surface area contributed by atoms with E-state index in [-0.39, 0.29) is 5.91 Å². The summed E-state index contributed by atoms with van der Waals surface area (Å²) in [5.41, 5.74) is 5.51. The first kappa shape index (κ1) is 15.7. The summed E-state index contributed by atoms with van der Waals surface area (Å²) in [5.74, 6) is 0.280. The lowest BCUT2D eigenvalue weighted by Crippen LogP contribution is -2.47. The number of hydrogen-bond acceptors (Lipinski definition) is 3. The quantitative estimate of drug-likeness (QED) is 0.450. The molecule has 0 aromatic carbocycles. The fourth-order valence-corrected chi connectivity index (χ4v) is 1.48. The molecule has 0 aliphatic rings. The third-order valence-corrected chi connectivity index (χ3v) is 2.76. The van der Waals surface area contributed by atoms with E-state index in [4.69, 9.17) is 23.8 Å². The molecule has 1 aromatic rings. The summed E-state index contributed by atoms with van der Waals surface area (Å²) in [6, 6.07) is 3.14. The smallest absolute Gasteiger partial charge is 0.271 e. The van der Waals surface area contributed by atoms with Crippen LogP contribution in [0.25, 0.3) is 0 Å². The Hall–Kier alpha value is -1.40. The van der Waals surface area contributed by atoms with Gasteiger partial charge < -0.3 is 5.32 Å². The van der Waals surface area contributed by atoms with Crippen LogP contribution >= 0.6 is 23.8 Å². The SMILES string of the molecule is CC(C)CCNC(=S)NNC(=O)c1ccc(Cl)nc1. The van der Waals surface area contributed by atoms with Gasteiger partial charge in [-0.2, -0.15) is 0 Å². The van der Waals surface area contributed by atoms with Gasteiger partial charge in [0.05, 0.1) is 5.56 Å². The van der Waals surface area contributed by atoms with Gasteiger partial charge in [-0.05, 0) is 36.7 Å². The molecule has 1 aromatic heterocycles. The number of thiocarbonyl (C=S) groups is 1. The Bertz CT molecular complexity index is 436. The van der Waals surface area contributed by atoms with Crippen LogP contribution in [0.4, 0.5) is 0 Å². The number of rotatable bonds is 4. The Morgan fingerprint density at radius 3 is 2.74 bits per heavy atom. The highest BCUT2D eigenvalue weighted by molar-refractivity contribution is 7.80. The zero-order valence-corrected chi connectivity index (χ0v) is 12.4. The number of pyridine rings is 1. The lowest BCUT2D eigenvalue weighted by atomic mass is 10.1. The maximum Gasteiger partial charge on any atom is 0.271 e. The first-order chi connectivity index (χ1) is 8.99. The summed E-state index contributed by atoms with van der Waals surface area (Å²) in [4.78, 5) is 15.5. The van der Waals surface area contributed by atoms with E-state index >= 15 is 0 Å². The number of carbonyl (C=O) groups is 1. The van der Waals surface area contributed by atoms with Gasteiger partial charge >= 0.3 is 0 Å². The molecule has 0 unspecified atom stereocenters. The Balaban J connectivity index is 2.30. The highest BCUT2D eigenvalue weighted by Crippen LogP contribution is 2.04. The van der Waals surface area contributed by atoms with E-state index in [1.54, 1.807) is 12.1 Å². The first-order valence-corrected chi connectivity index (χ1v) is 6.73. The molecule has 3 N–H and O–H groups in total. The fraction of sp³-hybridized carbons (Fsp3) is 0.417. The van der Waals surface area contributed by atoms with Crippen LogP contribution in [0.5, 0.6) is 0 Å². The number of halogens is 1. The number of aromatic nitrogens is 1. The Morgan fingerprint density at radius 1 is 1.42 bits per heavy atom. The van der Waals surface area contributed by atoms with Crippen molar-refractivity contribution in [3.63, 3.8) is 0 Å². The minimum Gasteiger partial charge on any atom is -0.361 e. The Labute approximate surface area is 123 Å². The summed E-state index contributed by atoms with van der Waals surface area (Å²) in [6.45, 7) is 5.03. The molecule has 1 rings (SSSR count). The van der Waals surface area contributed by atoms with Crippen LogP contribution in [0, 0.1) is 5.92 Å². The third-order valence-electron chi connectivity index (χ3n) is 2.29. The molecule has 0 atom stereocenters. The van der Waals surface area contributed by atoms with Crippen molar-refractivity contribution in [3.05, 3.63) is 29.0 Å². The number of hydrazine groups is 1. The third kappa shape index (κ3) is 6.35. The molecule has 104 valence electrons. The molecular formula is C12H17ClN4OS. The highest BCUT2D eigenvalue weighted by atomic mass is 35.5. The van der Waals surface area contributed by atoms with Gasteiger partial charge in [0.1, 0.15) is 5.15 Å². The highest BCUT2D eigenvalue weighted by Gasteiger charge is 2.05. The first-order valence-electron chi connectivity index (χ1n) is 5.94. The summed E-state index contributed by atoms with van der Waals surface area (Å²) < 4.78 is 0. The maximum absolute atomic E-state index is 11.7. The summed E-state index contributed by atoms with van der Waals surface area (Å²) in [7, 11) is 0. The van der Waals surface area contributed by atoms with E-state index in [2.05, 4.69) is 35.0 Å². The lowest BCUT2D eigenvalue weighted by Gasteiger charge is -2.12. The molecule has 0 fully saturated rings. The minimum atomic E-state index is -0.322. The summed E-state index contributed by atoms with van der Waals surface area (Å²) in [6.07, 6.45) is 2.41. The molecular weight excluding hydrogens is 284 g/mol. The van der Waals surface area contributed by atoms with Gasteiger partial charge in [-0.3, -0.25) is 15.6 Å². The van der Waals surface area contributed by atoms with Crippen molar-refractivity contribution in [3.8, 4) is 0 Å². The van der Waals surface area contributed by atoms with Crippen LogP contribution < -0.4 is 16.2 Å². The average Bonchev–Trinajstić information content (AvgIpc) is 2.36. The average molecular weight is 301 g/mol. The van der Waals surface area contributed by atoms with Crippen LogP contribution in [0.3, 0.4) is 0 Å². The van der Waals surface area contributed by atoms with Crippen molar-refractivity contribution < 1.29 is 4.79 Å². The van der Waals surface area contributed by atoms with E-state index < -0.39 is 0 Å². The minimum absolute atomic E-state index is 0.322. The second-order valence-electron chi connectivity index (χ2n) is 4.39. The second-order valence-corrected chi connectivity index (χ2v) is 5.18. The molecule has 0 spiro atoms. The number of nitrogens with zero attached hydrogens (tertiary/aromatic N) is 1. The zero-order valence-electron chi connectivity index (χ0n) is 10.9. The molecule has 7 heteroatoms. The van der Waals surface area contributed by atoms with Crippen molar-refractivity contribution >= 4 is 34.8 Å². The number of carbonyl (C=O) groups excluding carboxylic acids is 1. The van der Waals surface area contributed by atoms with Crippen LogP contribution in [0.2, 0.25) is 5.15 Å². The summed E-state index contributed by atoms with van der Waals surface area (Å²) >= 11 is 10.7. The van der Waals surface area contributed by atoms with Crippen LogP contribution in [-0.4, -0.2) is 22.5 Å². The largest absolute Gasteiger partial charge is 0.361 e. The van der Waals surface area contributed by atoms with Crippen LogP contribution in [0.1, 0.15) is 30.6 Å². The van der Waals surface area contributed by atoms with Gasteiger partial charge in [-0.25, -0.2) is 4.98 Å². The molecule has 0 saturated heterocycles. The van der Waals surface area contributed by atoms with Crippen molar-refractivity contribution in [1.29, 1.82) is 0 Å². The molecule has 1 amide bonds. The van der Waals surface area contributed by atoms with Crippen molar-refractivity contribution in [2.75, 3.05) is 6.54 Å². The van der Waals surface area contributed by atoms with Gasteiger partial charge in [0.15, 0.2) is 5.11 Å². The van der Waals surface area contributed by atoms with Gasteiger partial charge in [0.25, 0.3) is 5.91 Å². The monoisotopic (exact) mass is 300 g/mol. The molecule has 0 saturated carbocycles. The van der Waals surface area contributed by atoms with E-state index in [9.17, 15) is 4.79 Å². The molecule has 0 aliphatic heterocycles. The molecule has 1 heterocycles. The number of amides is 1. The van der Waals surface area contributed by atoms with E-state index in [0.717, 1.165) is 13.0 Å². The predicted molar refractivity (Wildman–Crippen MR) is 79.9 cm³/mol. The molecule has 0 aliphatic carbocycles. The van der Waals surface area contributed by atoms with E-state index in [0.29, 0.717) is 21.7 Å². The van der Waals surface area contributed by atoms with Crippen molar-refractivity contribution in [2.24, 2.45) is 5.92 Å². The zero-order chi connectivity index (χ0) is 14.3. The molecule has 0 bridgehead atoms. The van der Waals surface area contributed by atoms with E-state index in [1.807, 2.05) is 0 Å². The van der Waals surface area contributed by atoms with Crippen molar-refractivity contribution in [2.45, 2.75) is 20.3 Å². The molecule has 0 radical (unpaired) electrons. The Morgan fingerprint density at radius 2 is 2.16 bits per heavy atom. The van der Waals surface area contributed by atoms with Crippen LogP contribution in [-0.2, 0) is 0 Å². The second kappa shape index (κ2) is 7.91. The topological polar surface area (TPSA) is 66.0 Å². The van der Waals surface area contributed by atoms with Crippen LogP contribution in [0.15, 0.2) is 18.3 Å². The molecule has 19 heavy (non-hydrogen) atoms. The lowest BCUT2D eigenvalue weighted by molar-refractivity contribution is 0.0943. The number of hydrogen-bond donors (Lipinski definition) is 3. The summed E-state index contributed by atoms with van der Waals surface area (Å²) in [5, 5.41) is 3.73. The van der Waals surface area contributed by atoms with E-state index in [1.165, 1.54) is 6.20 Å². The van der Waals surface area contributed by atoms with Crippen molar-refractivity contribution in [1.82, 2.24) is 21.2 Å². The van der Waals surface area contributed by atoms with Gasteiger partial charge in [-0.15, -0.1) is 0 Å². The standard InChI is InChI=1S/C12H17ClN4OS/c1-8(2)5-6-14-12(19)17-16-11(18)9-3-4-10(13)15-7-9/h3-4,7-8H,5-6H2,1-2H3,(H,16,18)(H2,14,17,19). The maximum atomic E-state index is 11.7. The van der Waals surface area contributed by atoms with Gasteiger partial charge in [0, 0.05) is 12.7 Å². The normalized spacial score (nSPS) is 10.1. The fourth-order valence-electron chi connectivity index (χ4n) is 1.21. The Kier molecular flexibility index (Phi) is 6.52. The van der Waals surface area contributed by atoms with Gasteiger partial charge in [0.2, 0.25) is 0 Å². The predicted octanol–water partition coefficient (Wildman–Crippen LogP) is 1.89.